The molecule has 1 rings (SSSR count). The van der Waals surface area contributed by atoms with Gasteiger partial charge in [-0.05, 0) is 12.1 Å². The fraction of sp³-hybridized carbons (Fsp3) is 0.444. The van der Waals surface area contributed by atoms with E-state index >= 15 is 0 Å². The lowest BCUT2D eigenvalue weighted by atomic mass is 9.87. The van der Waals surface area contributed by atoms with Crippen LogP contribution in [0.15, 0.2) is 18.2 Å². The first-order chi connectivity index (χ1) is 6.12. The molecule has 4 heteroatoms. The maximum Gasteiger partial charge on any atom is 0.129 e. The maximum atomic E-state index is 9.17. The van der Waals surface area contributed by atoms with Gasteiger partial charge in [-0.3, -0.25) is 0 Å². The summed E-state index contributed by atoms with van der Waals surface area (Å²) in [5, 5.41) is 9.59. The van der Waals surface area contributed by atoms with Crippen molar-refractivity contribution in [1.29, 1.82) is 0 Å². The van der Waals surface area contributed by atoms with Crippen molar-refractivity contribution in [2.45, 2.75) is 12.3 Å². The molecular formula is C9H13ClN2O. The van der Waals surface area contributed by atoms with Gasteiger partial charge in [0, 0.05) is 12.0 Å². The standard InChI is InChI=1S/C9H13ClN2O/c1-9(5-11,6-13)7-3-2-4-8(10)12-7/h2-4,13H,5-6,11H2,1H3. The Morgan fingerprint density at radius 1 is 1.62 bits per heavy atom. The lowest BCUT2D eigenvalue weighted by molar-refractivity contribution is 0.207. The summed E-state index contributed by atoms with van der Waals surface area (Å²) >= 11 is 5.73. The third-order valence-corrected chi connectivity index (χ3v) is 2.34. The number of pyridine rings is 1. The van der Waals surface area contributed by atoms with Gasteiger partial charge in [0.05, 0.1) is 12.3 Å². The smallest absolute Gasteiger partial charge is 0.129 e. The molecule has 3 nitrogen and oxygen atoms in total. The van der Waals surface area contributed by atoms with Crippen molar-refractivity contribution in [3.8, 4) is 0 Å². The van der Waals surface area contributed by atoms with E-state index in [0.717, 1.165) is 5.69 Å². The molecule has 1 aromatic rings. The molecule has 1 aromatic heterocycles. The summed E-state index contributed by atoms with van der Waals surface area (Å²) in [6.07, 6.45) is 0. The van der Waals surface area contributed by atoms with E-state index < -0.39 is 5.41 Å². The van der Waals surface area contributed by atoms with Gasteiger partial charge in [-0.25, -0.2) is 4.98 Å². The predicted octanol–water partition coefficient (Wildman–Crippen LogP) is 0.944. The van der Waals surface area contributed by atoms with Crippen molar-refractivity contribution < 1.29 is 5.11 Å². The average molecular weight is 201 g/mol. The summed E-state index contributed by atoms with van der Waals surface area (Å²) in [6, 6.07) is 5.31. The Labute approximate surface area is 82.5 Å². The van der Waals surface area contributed by atoms with Crippen LogP contribution in [0.5, 0.6) is 0 Å². The number of halogens is 1. The van der Waals surface area contributed by atoms with Crippen molar-refractivity contribution in [3.05, 3.63) is 29.0 Å². The number of aliphatic hydroxyl groups excluding tert-OH is 1. The summed E-state index contributed by atoms with van der Waals surface area (Å²) in [5.41, 5.74) is 5.79. The van der Waals surface area contributed by atoms with Crippen LogP contribution in [0, 0.1) is 0 Å². The second-order valence-corrected chi connectivity index (χ2v) is 3.66. The molecule has 0 aromatic carbocycles. The summed E-state index contributed by atoms with van der Waals surface area (Å²) in [6.45, 7) is 2.17. The third kappa shape index (κ3) is 2.18. The molecule has 3 N–H and O–H groups in total. The van der Waals surface area contributed by atoms with Gasteiger partial charge in [0.1, 0.15) is 5.15 Å². The first kappa shape index (κ1) is 10.4. The molecule has 0 bridgehead atoms. The zero-order valence-corrected chi connectivity index (χ0v) is 8.25. The summed E-state index contributed by atoms with van der Waals surface area (Å²) < 4.78 is 0. The molecule has 1 unspecified atom stereocenters. The fourth-order valence-electron chi connectivity index (χ4n) is 0.995. The Balaban J connectivity index is 3.05. The lowest BCUT2D eigenvalue weighted by Crippen LogP contribution is -2.36. The fourth-order valence-corrected chi connectivity index (χ4v) is 1.16. The molecule has 0 amide bonds. The molecule has 0 spiro atoms. The van der Waals surface area contributed by atoms with Crippen LogP contribution in [-0.2, 0) is 5.41 Å². The van der Waals surface area contributed by atoms with Crippen LogP contribution in [0.25, 0.3) is 0 Å². The molecular weight excluding hydrogens is 188 g/mol. The molecule has 0 aliphatic carbocycles. The van der Waals surface area contributed by atoms with E-state index in [2.05, 4.69) is 4.98 Å². The highest BCUT2D eigenvalue weighted by atomic mass is 35.5. The van der Waals surface area contributed by atoms with Crippen LogP contribution in [0.2, 0.25) is 5.15 Å². The highest BCUT2D eigenvalue weighted by Crippen LogP contribution is 2.20. The molecule has 1 atom stereocenters. The monoisotopic (exact) mass is 200 g/mol. The quantitative estimate of drug-likeness (QED) is 0.715. The number of rotatable bonds is 3. The first-order valence-corrected chi connectivity index (χ1v) is 4.44. The van der Waals surface area contributed by atoms with Gasteiger partial charge >= 0.3 is 0 Å². The minimum absolute atomic E-state index is 0.0309. The average Bonchev–Trinajstić information content (AvgIpc) is 2.17. The molecule has 72 valence electrons. The Morgan fingerprint density at radius 2 is 2.31 bits per heavy atom. The molecule has 0 radical (unpaired) electrons. The minimum Gasteiger partial charge on any atom is -0.395 e. The molecule has 0 aliphatic heterocycles. The number of nitrogens with zero attached hydrogens (tertiary/aromatic N) is 1. The van der Waals surface area contributed by atoms with Crippen LogP contribution in [0.1, 0.15) is 12.6 Å². The van der Waals surface area contributed by atoms with E-state index in [1.165, 1.54) is 0 Å². The highest BCUT2D eigenvalue weighted by molar-refractivity contribution is 6.29. The minimum atomic E-state index is -0.495. The summed E-state index contributed by atoms with van der Waals surface area (Å²) in [5.74, 6) is 0. The van der Waals surface area contributed by atoms with Crippen LogP contribution >= 0.6 is 11.6 Å². The molecule has 1 heterocycles. The number of nitrogens with two attached hydrogens (primary N) is 1. The van der Waals surface area contributed by atoms with Crippen molar-refractivity contribution in [2.24, 2.45) is 5.73 Å². The van der Waals surface area contributed by atoms with Crippen molar-refractivity contribution in [2.75, 3.05) is 13.2 Å². The number of hydrogen-bond acceptors (Lipinski definition) is 3. The van der Waals surface area contributed by atoms with Crippen molar-refractivity contribution >= 4 is 11.6 Å². The van der Waals surface area contributed by atoms with E-state index in [0.29, 0.717) is 11.7 Å². The van der Waals surface area contributed by atoms with Gasteiger partial charge < -0.3 is 10.8 Å². The van der Waals surface area contributed by atoms with Gasteiger partial charge in [-0.15, -0.1) is 0 Å². The molecule has 13 heavy (non-hydrogen) atoms. The Bertz CT molecular complexity index is 287. The molecule has 0 saturated heterocycles. The van der Waals surface area contributed by atoms with E-state index in [1.54, 1.807) is 12.1 Å². The van der Waals surface area contributed by atoms with Crippen molar-refractivity contribution in [1.82, 2.24) is 4.98 Å². The number of aliphatic hydroxyl groups is 1. The predicted molar refractivity (Wildman–Crippen MR) is 52.7 cm³/mol. The van der Waals surface area contributed by atoms with Crippen LogP contribution < -0.4 is 5.73 Å². The van der Waals surface area contributed by atoms with Gasteiger partial charge in [-0.2, -0.15) is 0 Å². The van der Waals surface area contributed by atoms with Gasteiger partial charge in [0.15, 0.2) is 0 Å². The highest BCUT2D eigenvalue weighted by Gasteiger charge is 2.25. The summed E-state index contributed by atoms with van der Waals surface area (Å²) in [7, 11) is 0. The van der Waals surface area contributed by atoms with Gasteiger partial charge in [0.25, 0.3) is 0 Å². The summed E-state index contributed by atoms with van der Waals surface area (Å²) in [4.78, 5) is 4.11. The van der Waals surface area contributed by atoms with E-state index in [9.17, 15) is 0 Å². The topological polar surface area (TPSA) is 59.1 Å². The van der Waals surface area contributed by atoms with E-state index in [1.807, 2.05) is 13.0 Å². The van der Waals surface area contributed by atoms with Crippen LogP contribution in [0.4, 0.5) is 0 Å². The number of aromatic nitrogens is 1. The molecule has 0 fully saturated rings. The van der Waals surface area contributed by atoms with Crippen LogP contribution in [0.3, 0.4) is 0 Å². The lowest BCUT2D eigenvalue weighted by Gasteiger charge is -2.24. The van der Waals surface area contributed by atoms with Crippen molar-refractivity contribution in [3.63, 3.8) is 0 Å². The van der Waals surface area contributed by atoms with Crippen LogP contribution in [-0.4, -0.2) is 23.2 Å². The Kier molecular flexibility index (Phi) is 3.25. The molecule has 0 saturated carbocycles. The second-order valence-electron chi connectivity index (χ2n) is 3.27. The normalized spacial score (nSPS) is 15.4. The first-order valence-electron chi connectivity index (χ1n) is 4.06. The number of hydrogen-bond donors (Lipinski definition) is 2. The Hall–Kier alpha value is -0.640. The Morgan fingerprint density at radius 3 is 2.77 bits per heavy atom. The zero-order chi connectivity index (χ0) is 9.90. The zero-order valence-electron chi connectivity index (χ0n) is 7.50. The van der Waals surface area contributed by atoms with E-state index in [4.69, 9.17) is 22.4 Å². The second kappa shape index (κ2) is 4.05. The largest absolute Gasteiger partial charge is 0.395 e. The SMILES string of the molecule is CC(CN)(CO)c1cccc(Cl)n1. The van der Waals surface area contributed by atoms with Gasteiger partial charge in [0.2, 0.25) is 0 Å². The maximum absolute atomic E-state index is 9.17. The van der Waals surface area contributed by atoms with Gasteiger partial charge in [-0.1, -0.05) is 24.6 Å². The third-order valence-electron chi connectivity index (χ3n) is 2.13. The molecule has 0 aliphatic rings. The van der Waals surface area contributed by atoms with E-state index in [-0.39, 0.29) is 6.61 Å².